The highest BCUT2D eigenvalue weighted by Gasteiger charge is 1.99. The molecule has 0 saturated heterocycles. The maximum Gasteiger partial charge on any atom is 0.303 e. The van der Waals surface area contributed by atoms with Crippen LogP contribution in [-0.4, -0.2) is 33.9 Å². The van der Waals surface area contributed by atoms with E-state index in [-0.39, 0.29) is 0 Å². The molecule has 5 heteroatoms. The van der Waals surface area contributed by atoms with Gasteiger partial charge in [0.05, 0.1) is 0 Å². The number of rotatable bonds is 8. The molecular formula is C10H19NO2S2. The van der Waals surface area contributed by atoms with Gasteiger partial charge in [0.15, 0.2) is 0 Å². The highest BCUT2D eigenvalue weighted by molar-refractivity contribution is 8.10. The van der Waals surface area contributed by atoms with E-state index in [1.807, 2.05) is 11.9 Å². The number of thiol groups is 1. The average Bonchev–Trinajstić information content (AvgIpc) is 2.15. The molecule has 0 aromatic heterocycles. The van der Waals surface area contributed by atoms with Crippen molar-refractivity contribution in [2.45, 2.75) is 38.5 Å². The molecule has 0 spiro atoms. The molecule has 3 nitrogen and oxygen atoms in total. The summed E-state index contributed by atoms with van der Waals surface area (Å²) in [5.74, 6) is -0.699. The second kappa shape index (κ2) is 8.97. The van der Waals surface area contributed by atoms with Crippen molar-refractivity contribution in [1.82, 2.24) is 4.90 Å². The Bertz CT molecular complexity index is 210. The second-order valence-corrected chi connectivity index (χ2v) is 4.73. The summed E-state index contributed by atoms with van der Waals surface area (Å²) in [4.78, 5) is 12.2. The molecule has 0 aromatic rings. The van der Waals surface area contributed by atoms with Crippen LogP contribution < -0.4 is 0 Å². The van der Waals surface area contributed by atoms with Crippen molar-refractivity contribution in [3.8, 4) is 0 Å². The summed E-state index contributed by atoms with van der Waals surface area (Å²) in [7, 11) is 1.93. The molecule has 0 amide bonds. The van der Waals surface area contributed by atoms with E-state index in [1.54, 1.807) is 0 Å². The van der Waals surface area contributed by atoms with E-state index in [1.165, 1.54) is 0 Å². The molecule has 1 N–H and O–H groups in total. The lowest BCUT2D eigenvalue weighted by Crippen LogP contribution is -2.21. The second-order valence-electron chi connectivity index (χ2n) is 3.62. The summed E-state index contributed by atoms with van der Waals surface area (Å²) in [6, 6.07) is 0. The molecule has 0 bridgehead atoms. The van der Waals surface area contributed by atoms with E-state index in [2.05, 4.69) is 12.6 Å². The minimum absolute atomic E-state index is 0.292. The Hall–Kier alpha value is -0.290. The molecule has 15 heavy (non-hydrogen) atoms. The van der Waals surface area contributed by atoms with Gasteiger partial charge in [-0.1, -0.05) is 31.5 Å². The number of aliphatic carboxylic acids is 1. The third-order valence-corrected chi connectivity index (χ3v) is 2.86. The van der Waals surface area contributed by atoms with Crippen LogP contribution in [0.4, 0.5) is 0 Å². The lowest BCUT2D eigenvalue weighted by atomic mass is 10.1. The van der Waals surface area contributed by atoms with Gasteiger partial charge in [-0.05, 0) is 12.8 Å². The zero-order chi connectivity index (χ0) is 11.7. The van der Waals surface area contributed by atoms with E-state index < -0.39 is 5.97 Å². The van der Waals surface area contributed by atoms with Gasteiger partial charge in [-0.15, -0.1) is 12.6 Å². The van der Waals surface area contributed by atoms with Crippen molar-refractivity contribution in [1.29, 1.82) is 0 Å². The van der Waals surface area contributed by atoms with E-state index in [0.29, 0.717) is 10.7 Å². The van der Waals surface area contributed by atoms with Crippen LogP contribution >= 0.6 is 24.8 Å². The maximum atomic E-state index is 10.2. The minimum atomic E-state index is -0.699. The van der Waals surface area contributed by atoms with Crippen LogP contribution in [0, 0.1) is 0 Å². The number of carbonyl (C=O) groups is 1. The van der Waals surface area contributed by atoms with Gasteiger partial charge in [-0.3, -0.25) is 4.79 Å². The molecule has 0 atom stereocenters. The molecule has 0 aliphatic heterocycles. The number of carboxylic acids is 1. The quantitative estimate of drug-likeness (QED) is 0.394. The van der Waals surface area contributed by atoms with Gasteiger partial charge < -0.3 is 10.0 Å². The Morgan fingerprint density at radius 3 is 2.33 bits per heavy atom. The summed E-state index contributed by atoms with van der Waals surface area (Å²) in [5.41, 5.74) is 0. The molecule has 0 aliphatic rings. The SMILES string of the molecule is CN(CCCCCCCC(=O)O)C(=S)S. The molecule has 0 saturated carbocycles. The van der Waals surface area contributed by atoms with E-state index in [0.717, 1.165) is 38.6 Å². The van der Waals surface area contributed by atoms with Crippen molar-refractivity contribution in [3.63, 3.8) is 0 Å². The minimum Gasteiger partial charge on any atom is -0.481 e. The van der Waals surface area contributed by atoms with E-state index in [9.17, 15) is 4.79 Å². The number of hydrogen-bond donors (Lipinski definition) is 2. The van der Waals surface area contributed by atoms with Gasteiger partial charge in [0.2, 0.25) is 0 Å². The Labute approximate surface area is 102 Å². The van der Waals surface area contributed by atoms with Crippen molar-refractivity contribution >= 4 is 35.1 Å². The Balaban J connectivity index is 3.18. The lowest BCUT2D eigenvalue weighted by Gasteiger charge is -2.15. The Morgan fingerprint density at radius 1 is 1.27 bits per heavy atom. The average molecular weight is 249 g/mol. The Kier molecular flexibility index (Phi) is 8.80. The van der Waals surface area contributed by atoms with Crippen LogP contribution in [0.15, 0.2) is 0 Å². The summed E-state index contributed by atoms with van der Waals surface area (Å²) >= 11 is 8.96. The first-order chi connectivity index (χ1) is 7.04. The zero-order valence-corrected chi connectivity index (χ0v) is 10.8. The first kappa shape index (κ1) is 14.7. The third kappa shape index (κ3) is 10.0. The zero-order valence-electron chi connectivity index (χ0n) is 9.11. The van der Waals surface area contributed by atoms with Gasteiger partial charge in [0.1, 0.15) is 4.32 Å². The monoisotopic (exact) mass is 249 g/mol. The number of unbranched alkanes of at least 4 members (excludes halogenated alkanes) is 4. The van der Waals surface area contributed by atoms with Crippen molar-refractivity contribution in [2.75, 3.05) is 13.6 Å². The summed E-state index contributed by atoms with van der Waals surface area (Å²) in [5, 5.41) is 8.42. The van der Waals surface area contributed by atoms with Gasteiger partial charge in [0, 0.05) is 20.0 Å². The molecule has 88 valence electrons. The topological polar surface area (TPSA) is 40.5 Å². The first-order valence-electron chi connectivity index (χ1n) is 5.20. The fraction of sp³-hybridized carbons (Fsp3) is 0.800. The van der Waals surface area contributed by atoms with Crippen LogP contribution in [0.5, 0.6) is 0 Å². The molecule has 0 radical (unpaired) electrons. The van der Waals surface area contributed by atoms with Gasteiger partial charge in [-0.25, -0.2) is 0 Å². The molecule has 0 aliphatic carbocycles. The van der Waals surface area contributed by atoms with Crippen molar-refractivity contribution in [3.05, 3.63) is 0 Å². The summed E-state index contributed by atoms with van der Waals surface area (Å²) in [6.45, 7) is 0.932. The Morgan fingerprint density at radius 2 is 1.80 bits per heavy atom. The standard InChI is InChI=1S/C10H19NO2S2/c1-11(10(14)15)8-6-4-2-3-5-7-9(12)13/h2-8H2,1H3,(H,12,13)(H,14,15). The molecule has 0 rings (SSSR count). The molecule has 0 unspecified atom stereocenters. The predicted octanol–water partition coefficient (Wildman–Crippen LogP) is 2.56. The molecule has 0 fully saturated rings. The van der Waals surface area contributed by atoms with E-state index >= 15 is 0 Å². The predicted molar refractivity (Wildman–Crippen MR) is 69.6 cm³/mol. The smallest absolute Gasteiger partial charge is 0.303 e. The fourth-order valence-electron chi connectivity index (χ4n) is 1.25. The number of carboxylic acid groups (broad SMARTS) is 1. The van der Waals surface area contributed by atoms with Gasteiger partial charge >= 0.3 is 5.97 Å². The van der Waals surface area contributed by atoms with Crippen LogP contribution in [0.3, 0.4) is 0 Å². The molecule has 0 heterocycles. The van der Waals surface area contributed by atoms with Crippen molar-refractivity contribution < 1.29 is 9.90 Å². The maximum absolute atomic E-state index is 10.2. The number of hydrogen-bond acceptors (Lipinski definition) is 2. The fourth-order valence-corrected chi connectivity index (χ4v) is 1.44. The van der Waals surface area contributed by atoms with Crippen LogP contribution in [0.25, 0.3) is 0 Å². The summed E-state index contributed by atoms with van der Waals surface area (Å²) in [6.07, 6.45) is 5.39. The summed E-state index contributed by atoms with van der Waals surface area (Å²) < 4.78 is 0.626. The normalized spacial score (nSPS) is 10.0. The van der Waals surface area contributed by atoms with Gasteiger partial charge in [-0.2, -0.15) is 0 Å². The first-order valence-corrected chi connectivity index (χ1v) is 6.05. The molecule has 0 aromatic carbocycles. The van der Waals surface area contributed by atoms with Gasteiger partial charge in [0.25, 0.3) is 0 Å². The largest absolute Gasteiger partial charge is 0.481 e. The van der Waals surface area contributed by atoms with Crippen LogP contribution in [0.1, 0.15) is 38.5 Å². The number of nitrogens with zero attached hydrogens (tertiary/aromatic N) is 1. The molecular weight excluding hydrogens is 230 g/mol. The highest BCUT2D eigenvalue weighted by Crippen LogP contribution is 2.06. The van der Waals surface area contributed by atoms with Crippen LogP contribution in [-0.2, 0) is 4.79 Å². The van der Waals surface area contributed by atoms with E-state index in [4.69, 9.17) is 17.3 Å². The lowest BCUT2D eigenvalue weighted by molar-refractivity contribution is -0.137. The highest BCUT2D eigenvalue weighted by atomic mass is 32.1. The van der Waals surface area contributed by atoms with Crippen LogP contribution in [0.2, 0.25) is 0 Å². The third-order valence-electron chi connectivity index (χ3n) is 2.21. The number of thiocarbonyl (C=S) groups is 1. The van der Waals surface area contributed by atoms with Crippen molar-refractivity contribution in [2.24, 2.45) is 0 Å².